The second kappa shape index (κ2) is 6.90. The number of sulfonamides is 1. The molecule has 0 spiro atoms. The van der Waals surface area contributed by atoms with Crippen LogP contribution < -0.4 is 5.14 Å². The molecule has 0 radical (unpaired) electrons. The van der Waals surface area contributed by atoms with Crippen molar-refractivity contribution in [3.05, 3.63) is 41.2 Å². The molecule has 0 saturated heterocycles. The van der Waals surface area contributed by atoms with Gasteiger partial charge in [0.15, 0.2) is 10.9 Å². The Balaban J connectivity index is 1.90. The topological polar surface area (TPSA) is 111 Å². The molecule has 3 aromatic rings. The summed E-state index contributed by atoms with van der Waals surface area (Å²) in [5.74, 6) is 0.278. The lowest BCUT2D eigenvalue weighted by molar-refractivity contribution is 0.102. The zero-order chi connectivity index (χ0) is 19.1. The number of thioether (sulfide) groups is 1. The van der Waals surface area contributed by atoms with Crippen molar-refractivity contribution < 1.29 is 13.2 Å². The first-order valence-corrected chi connectivity index (χ1v) is 10.6. The fourth-order valence-corrected chi connectivity index (χ4v) is 4.40. The lowest BCUT2D eigenvalue weighted by Crippen LogP contribution is -2.11. The molecule has 0 amide bonds. The van der Waals surface area contributed by atoms with Crippen LogP contribution in [0.15, 0.2) is 34.3 Å². The van der Waals surface area contributed by atoms with Crippen molar-refractivity contribution in [3.63, 3.8) is 0 Å². The van der Waals surface area contributed by atoms with Crippen LogP contribution in [-0.2, 0) is 16.6 Å². The molecule has 1 aromatic carbocycles. The van der Waals surface area contributed by atoms with Crippen LogP contribution in [0.4, 0.5) is 0 Å². The Morgan fingerprint density at radius 2 is 2.04 bits per heavy atom. The summed E-state index contributed by atoms with van der Waals surface area (Å²) < 4.78 is 25.0. The third-order valence-corrected chi connectivity index (χ3v) is 6.00. The molecule has 0 bridgehead atoms. The van der Waals surface area contributed by atoms with Crippen molar-refractivity contribution in [3.8, 4) is 0 Å². The van der Waals surface area contributed by atoms with E-state index in [1.165, 1.54) is 23.9 Å². The van der Waals surface area contributed by atoms with Gasteiger partial charge in [0.2, 0.25) is 10.0 Å². The van der Waals surface area contributed by atoms with Crippen molar-refractivity contribution in [1.29, 1.82) is 0 Å². The van der Waals surface area contributed by atoms with E-state index in [9.17, 15) is 13.2 Å². The molecule has 0 fully saturated rings. The molecule has 26 heavy (non-hydrogen) atoms. The average molecular weight is 393 g/mol. The van der Waals surface area contributed by atoms with Crippen LogP contribution in [0.1, 0.15) is 28.7 Å². The van der Waals surface area contributed by atoms with Gasteiger partial charge in [-0.25, -0.2) is 18.5 Å². The lowest BCUT2D eigenvalue weighted by atomic mass is 10.2. The maximum atomic E-state index is 12.5. The molecule has 3 N–H and O–H groups in total. The van der Waals surface area contributed by atoms with Crippen LogP contribution in [0.2, 0.25) is 0 Å². The van der Waals surface area contributed by atoms with Gasteiger partial charge in [0.1, 0.15) is 0 Å². The first-order chi connectivity index (χ1) is 12.2. The molecule has 7 nitrogen and oxygen atoms in total. The van der Waals surface area contributed by atoms with Crippen molar-refractivity contribution in [2.24, 2.45) is 5.14 Å². The number of primary sulfonamides is 1. The standard InChI is InChI=1S/C17H20N4O3S2/c1-4-21-15-6-5-12(26(18,23)24)8-14(15)20-17(21)25-9-16(22)13-7-10(2)19-11(13)3/h5-8,19H,4,9H2,1-3H3,(H2,18,23,24). The van der Waals surface area contributed by atoms with Crippen molar-refractivity contribution in [2.45, 2.75) is 37.4 Å². The molecule has 0 saturated carbocycles. The molecule has 0 unspecified atom stereocenters. The number of imidazole rings is 1. The maximum Gasteiger partial charge on any atom is 0.238 e. The molecule has 2 heterocycles. The second-order valence-corrected chi connectivity index (χ2v) is 8.54. The number of fused-ring (bicyclic) bond motifs is 1. The summed E-state index contributed by atoms with van der Waals surface area (Å²) in [5.41, 5.74) is 3.85. The molecule has 0 aliphatic carbocycles. The largest absolute Gasteiger partial charge is 0.362 e. The normalized spacial score (nSPS) is 12.0. The zero-order valence-electron chi connectivity index (χ0n) is 14.7. The quantitative estimate of drug-likeness (QED) is 0.495. The predicted octanol–water partition coefficient (Wildman–Crippen LogP) is 2.62. The van der Waals surface area contributed by atoms with Gasteiger partial charge >= 0.3 is 0 Å². The number of hydrogen-bond donors (Lipinski definition) is 2. The summed E-state index contributed by atoms with van der Waals surface area (Å²) >= 11 is 1.34. The van der Waals surface area contributed by atoms with Crippen LogP contribution in [0.5, 0.6) is 0 Å². The smallest absolute Gasteiger partial charge is 0.238 e. The molecule has 9 heteroatoms. The Bertz CT molecular complexity index is 1100. The highest BCUT2D eigenvalue weighted by Crippen LogP contribution is 2.27. The number of H-pyrrole nitrogens is 1. The SMILES string of the molecule is CCn1c(SCC(=O)c2cc(C)[nH]c2C)nc2cc(S(N)(=O)=O)ccc21. The monoisotopic (exact) mass is 392 g/mol. The number of carbonyl (C=O) groups is 1. The van der Waals surface area contributed by atoms with Gasteiger partial charge in [0.25, 0.3) is 0 Å². The Morgan fingerprint density at radius 3 is 2.62 bits per heavy atom. The van der Waals surface area contributed by atoms with E-state index in [1.54, 1.807) is 6.07 Å². The number of ketones is 1. The van der Waals surface area contributed by atoms with E-state index in [1.807, 2.05) is 31.4 Å². The molecule has 3 rings (SSSR count). The number of nitrogens with two attached hydrogens (primary N) is 1. The second-order valence-electron chi connectivity index (χ2n) is 6.04. The highest BCUT2D eigenvalue weighted by atomic mass is 32.2. The average Bonchev–Trinajstić information content (AvgIpc) is 3.09. The minimum absolute atomic E-state index is 0.0248. The number of nitrogens with zero attached hydrogens (tertiary/aromatic N) is 2. The summed E-state index contributed by atoms with van der Waals surface area (Å²) in [6, 6.07) is 6.47. The number of rotatable bonds is 6. The zero-order valence-corrected chi connectivity index (χ0v) is 16.4. The van der Waals surface area contributed by atoms with Crippen molar-refractivity contribution >= 4 is 38.6 Å². The Kier molecular flexibility index (Phi) is 4.96. The van der Waals surface area contributed by atoms with Crippen molar-refractivity contribution in [2.75, 3.05) is 5.75 Å². The number of nitrogens with one attached hydrogen (secondary N) is 1. The number of aryl methyl sites for hydroxylation is 3. The summed E-state index contributed by atoms with van der Waals surface area (Å²) in [7, 11) is -3.78. The molecule has 138 valence electrons. The number of benzene rings is 1. The first kappa shape index (κ1) is 18.7. The molecule has 2 aromatic heterocycles. The van der Waals surface area contributed by atoms with Crippen LogP contribution in [0.3, 0.4) is 0 Å². The van der Waals surface area contributed by atoms with Gasteiger partial charge in [-0.3, -0.25) is 4.79 Å². The van der Waals surface area contributed by atoms with Crippen LogP contribution in [0, 0.1) is 13.8 Å². The minimum atomic E-state index is -3.78. The van der Waals surface area contributed by atoms with Gasteiger partial charge in [0.05, 0.1) is 21.7 Å². The van der Waals surface area contributed by atoms with E-state index in [2.05, 4.69) is 9.97 Å². The van der Waals surface area contributed by atoms with Gasteiger partial charge in [-0.1, -0.05) is 11.8 Å². The maximum absolute atomic E-state index is 12.5. The van der Waals surface area contributed by atoms with Gasteiger partial charge in [-0.05, 0) is 45.0 Å². The van der Waals surface area contributed by atoms with Crippen LogP contribution in [-0.4, -0.2) is 34.5 Å². The molecular formula is C17H20N4O3S2. The third kappa shape index (κ3) is 3.55. The number of aromatic nitrogens is 3. The van der Waals surface area contributed by atoms with E-state index < -0.39 is 10.0 Å². The van der Waals surface area contributed by atoms with Crippen LogP contribution in [0.25, 0.3) is 11.0 Å². The van der Waals surface area contributed by atoms with E-state index in [0.717, 1.165) is 16.9 Å². The van der Waals surface area contributed by atoms with E-state index in [4.69, 9.17) is 5.14 Å². The van der Waals surface area contributed by atoms with E-state index >= 15 is 0 Å². The molecule has 0 atom stereocenters. The highest BCUT2D eigenvalue weighted by Gasteiger charge is 2.17. The Hall–Kier alpha value is -2.10. The number of Topliss-reactive ketones (excluding diaryl/α,β-unsaturated/α-hetero) is 1. The molecular weight excluding hydrogens is 372 g/mol. The van der Waals surface area contributed by atoms with Crippen LogP contribution >= 0.6 is 11.8 Å². The van der Waals surface area contributed by atoms with E-state index in [0.29, 0.717) is 22.8 Å². The first-order valence-electron chi connectivity index (χ1n) is 8.06. The molecule has 0 aliphatic heterocycles. The lowest BCUT2D eigenvalue weighted by Gasteiger charge is -2.05. The van der Waals surface area contributed by atoms with Gasteiger partial charge in [0, 0.05) is 23.5 Å². The van der Waals surface area contributed by atoms with Gasteiger partial charge < -0.3 is 9.55 Å². The highest BCUT2D eigenvalue weighted by molar-refractivity contribution is 7.99. The van der Waals surface area contributed by atoms with Gasteiger partial charge in [-0.15, -0.1) is 0 Å². The Morgan fingerprint density at radius 1 is 1.31 bits per heavy atom. The number of carbonyl (C=O) groups excluding carboxylic acids is 1. The summed E-state index contributed by atoms with van der Waals surface area (Å²) in [6.07, 6.45) is 0. The summed E-state index contributed by atoms with van der Waals surface area (Å²) in [5, 5.41) is 5.86. The van der Waals surface area contributed by atoms with E-state index in [-0.39, 0.29) is 16.4 Å². The Labute approximate surface area is 156 Å². The summed E-state index contributed by atoms with van der Waals surface area (Å²) in [6.45, 7) is 6.42. The fraction of sp³-hybridized carbons (Fsp3) is 0.294. The number of hydrogen-bond acceptors (Lipinski definition) is 5. The van der Waals surface area contributed by atoms with Gasteiger partial charge in [-0.2, -0.15) is 0 Å². The van der Waals surface area contributed by atoms with Crippen molar-refractivity contribution in [1.82, 2.24) is 14.5 Å². The molecule has 0 aliphatic rings. The predicted molar refractivity (Wildman–Crippen MR) is 102 cm³/mol. The summed E-state index contributed by atoms with van der Waals surface area (Å²) in [4.78, 5) is 20.1. The fourth-order valence-electron chi connectivity index (χ4n) is 2.90. The number of aromatic amines is 1. The third-order valence-electron chi connectivity index (χ3n) is 4.11. The minimum Gasteiger partial charge on any atom is -0.362 e.